The zero-order valence-corrected chi connectivity index (χ0v) is 11.1. The molecule has 0 bridgehead atoms. The Morgan fingerprint density at radius 3 is 2.56 bits per heavy atom. The highest BCUT2D eigenvalue weighted by molar-refractivity contribution is 9.10. The maximum Gasteiger partial charge on any atom is 0.0590 e. The second-order valence-electron chi connectivity index (χ2n) is 4.34. The van der Waals surface area contributed by atoms with Crippen LogP contribution in [-0.2, 0) is 0 Å². The summed E-state index contributed by atoms with van der Waals surface area (Å²) in [5.41, 5.74) is 1.16. The highest BCUT2D eigenvalue weighted by atomic mass is 79.9. The Labute approximate surface area is 105 Å². The van der Waals surface area contributed by atoms with Gasteiger partial charge in [0, 0.05) is 24.5 Å². The van der Waals surface area contributed by atoms with E-state index in [1.807, 2.05) is 18.5 Å². The van der Waals surface area contributed by atoms with Crippen molar-refractivity contribution in [3.8, 4) is 0 Å². The molecule has 16 heavy (non-hydrogen) atoms. The van der Waals surface area contributed by atoms with Crippen LogP contribution in [0.1, 0.15) is 25.7 Å². The van der Waals surface area contributed by atoms with Gasteiger partial charge in [-0.1, -0.05) is 0 Å². The molecule has 88 valence electrons. The van der Waals surface area contributed by atoms with E-state index in [-0.39, 0.29) is 0 Å². The molecule has 1 fully saturated rings. The Balaban J connectivity index is 1.89. The second-order valence-corrected chi connectivity index (χ2v) is 5.19. The van der Waals surface area contributed by atoms with Crippen LogP contribution in [-0.4, -0.2) is 24.1 Å². The molecule has 0 radical (unpaired) electrons. The average Bonchev–Trinajstić information content (AvgIpc) is 2.33. The van der Waals surface area contributed by atoms with Crippen molar-refractivity contribution in [1.29, 1.82) is 0 Å². The number of hydrogen-bond donors (Lipinski definition) is 2. The minimum atomic E-state index is 0.600. The van der Waals surface area contributed by atoms with Gasteiger partial charge < -0.3 is 10.6 Å². The zero-order chi connectivity index (χ0) is 11.4. The van der Waals surface area contributed by atoms with Crippen LogP contribution < -0.4 is 10.6 Å². The Morgan fingerprint density at radius 1 is 1.25 bits per heavy atom. The van der Waals surface area contributed by atoms with E-state index in [2.05, 4.69) is 38.6 Å². The number of halogens is 1. The molecule has 0 saturated heterocycles. The van der Waals surface area contributed by atoms with Crippen LogP contribution >= 0.6 is 15.9 Å². The summed E-state index contributed by atoms with van der Waals surface area (Å²) in [6.07, 6.45) is 8.65. The molecule has 3 nitrogen and oxygen atoms in total. The SMILES string of the molecule is CNC1CCC(Nc2ccncc2Br)CC1. The molecule has 1 saturated carbocycles. The molecule has 0 aliphatic heterocycles. The first-order chi connectivity index (χ1) is 7.79. The van der Waals surface area contributed by atoms with Gasteiger partial charge in [0.05, 0.1) is 10.2 Å². The molecule has 0 atom stereocenters. The van der Waals surface area contributed by atoms with Gasteiger partial charge in [0.2, 0.25) is 0 Å². The largest absolute Gasteiger partial charge is 0.381 e. The van der Waals surface area contributed by atoms with Crippen molar-refractivity contribution < 1.29 is 0 Å². The third-order valence-electron chi connectivity index (χ3n) is 3.27. The summed E-state index contributed by atoms with van der Waals surface area (Å²) < 4.78 is 1.05. The lowest BCUT2D eigenvalue weighted by molar-refractivity contribution is 0.371. The molecule has 0 unspecified atom stereocenters. The second kappa shape index (κ2) is 5.64. The van der Waals surface area contributed by atoms with E-state index < -0.39 is 0 Å². The molecule has 0 aromatic carbocycles. The van der Waals surface area contributed by atoms with E-state index in [1.54, 1.807) is 0 Å². The molecule has 1 heterocycles. The average molecular weight is 284 g/mol. The highest BCUT2D eigenvalue weighted by Crippen LogP contribution is 2.26. The Hall–Kier alpha value is -0.610. The van der Waals surface area contributed by atoms with Gasteiger partial charge >= 0.3 is 0 Å². The molecule has 1 aromatic rings. The summed E-state index contributed by atoms with van der Waals surface area (Å²) >= 11 is 3.51. The van der Waals surface area contributed by atoms with Gasteiger partial charge in [0.1, 0.15) is 0 Å². The van der Waals surface area contributed by atoms with Crippen molar-refractivity contribution in [2.75, 3.05) is 12.4 Å². The number of nitrogens with zero attached hydrogens (tertiary/aromatic N) is 1. The van der Waals surface area contributed by atoms with Crippen molar-refractivity contribution in [2.24, 2.45) is 0 Å². The van der Waals surface area contributed by atoms with E-state index in [1.165, 1.54) is 25.7 Å². The van der Waals surface area contributed by atoms with Crippen molar-refractivity contribution in [2.45, 2.75) is 37.8 Å². The molecule has 0 amide bonds. The van der Waals surface area contributed by atoms with Gasteiger partial charge in [-0.25, -0.2) is 0 Å². The standard InChI is InChI=1S/C12H18BrN3/c1-14-9-2-4-10(5-3-9)16-12-6-7-15-8-11(12)13/h6-10,14H,2-5H2,1H3,(H,15,16). The molecule has 1 aromatic heterocycles. The van der Waals surface area contributed by atoms with E-state index in [9.17, 15) is 0 Å². The van der Waals surface area contributed by atoms with Crippen molar-refractivity contribution in [3.63, 3.8) is 0 Å². The fraction of sp³-hybridized carbons (Fsp3) is 0.583. The van der Waals surface area contributed by atoms with Crippen molar-refractivity contribution in [1.82, 2.24) is 10.3 Å². The van der Waals surface area contributed by atoms with Gasteiger partial charge in [-0.05, 0) is 54.7 Å². The first-order valence-corrected chi connectivity index (χ1v) is 6.62. The molecule has 4 heteroatoms. The number of rotatable bonds is 3. The lowest BCUT2D eigenvalue weighted by Gasteiger charge is -2.29. The van der Waals surface area contributed by atoms with Crippen LogP contribution in [0.25, 0.3) is 0 Å². The van der Waals surface area contributed by atoms with E-state index >= 15 is 0 Å². The van der Waals surface area contributed by atoms with Gasteiger partial charge in [-0.3, -0.25) is 4.98 Å². The third kappa shape index (κ3) is 2.95. The maximum atomic E-state index is 4.07. The number of hydrogen-bond acceptors (Lipinski definition) is 3. The molecule has 1 aliphatic carbocycles. The third-order valence-corrected chi connectivity index (χ3v) is 3.90. The maximum absolute atomic E-state index is 4.07. The summed E-state index contributed by atoms with van der Waals surface area (Å²) in [5.74, 6) is 0. The number of nitrogens with one attached hydrogen (secondary N) is 2. The molecule has 0 spiro atoms. The Bertz CT molecular complexity index is 335. The monoisotopic (exact) mass is 283 g/mol. The predicted molar refractivity (Wildman–Crippen MR) is 70.7 cm³/mol. The van der Waals surface area contributed by atoms with Crippen LogP contribution in [0, 0.1) is 0 Å². The number of pyridine rings is 1. The zero-order valence-electron chi connectivity index (χ0n) is 9.54. The topological polar surface area (TPSA) is 37.0 Å². The van der Waals surface area contributed by atoms with Crippen LogP contribution in [0.4, 0.5) is 5.69 Å². The molecule has 2 rings (SSSR count). The summed E-state index contributed by atoms with van der Waals surface area (Å²) in [5, 5.41) is 6.93. The number of aromatic nitrogens is 1. The van der Waals surface area contributed by atoms with E-state index in [0.717, 1.165) is 10.2 Å². The molecule has 1 aliphatic rings. The van der Waals surface area contributed by atoms with Crippen LogP contribution in [0.5, 0.6) is 0 Å². The fourth-order valence-electron chi connectivity index (χ4n) is 2.24. The first-order valence-electron chi connectivity index (χ1n) is 5.83. The quantitative estimate of drug-likeness (QED) is 0.896. The van der Waals surface area contributed by atoms with Gasteiger partial charge in [-0.2, -0.15) is 0 Å². The summed E-state index contributed by atoms with van der Waals surface area (Å²) in [7, 11) is 2.05. The molecule has 2 N–H and O–H groups in total. The fourth-order valence-corrected chi connectivity index (χ4v) is 2.60. The smallest absolute Gasteiger partial charge is 0.0590 e. The predicted octanol–water partition coefficient (Wildman–Crippen LogP) is 2.79. The summed E-state index contributed by atoms with van der Waals surface area (Å²) in [6, 6.07) is 3.33. The highest BCUT2D eigenvalue weighted by Gasteiger charge is 2.19. The lowest BCUT2D eigenvalue weighted by Crippen LogP contribution is -2.35. The van der Waals surface area contributed by atoms with E-state index in [0.29, 0.717) is 12.1 Å². The van der Waals surface area contributed by atoms with E-state index in [4.69, 9.17) is 0 Å². The van der Waals surface area contributed by atoms with Gasteiger partial charge in [0.25, 0.3) is 0 Å². The summed E-state index contributed by atoms with van der Waals surface area (Å²) in [4.78, 5) is 4.07. The Kier molecular flexibility index (Phi) is 4.18. The van der Waals surface area contributed by atoms with Crippen LogP contribution in [0.3, 0.4) is 0 Å². The van der Waals surface area contributed by atoms with Gasteiger partial charge in [0.15, 0.2) is 0 Å². The van der Waals surface area contributed by atoms with Crippen molar-refractivity contribution in [3.05, 3.63) is 22.9 Å². The normalized spacial score (nSPS) is 25.4. The minimum absolute atomic E-state index is 0.600. The van der Waals surface area contributed by atoms with Crippen LogP contribution in [0.2, 0.25) is 0 Å². The Morgan fingerprint density at radius 2 is 1.94 bits per heavy atom. The molecular formula is C12H18BrN3. The summed E-state index contributed by atoms with van der Waals surface area (Å²) in [6.45, 7) is 0. The van der Waals surface area contributed by atoms with Crippen LogP contribution in [0.15, 0.2) is 22.9 Å². The van der Waals surface area contributed by atoms with Crippen molar-refractivity contribution >= 4 is 21.6 Å². The van der Waals surface area contributed by atoms with Gasteiger partial charge in [-0.15, -0.1) is 0 Å². The first kappa shape index (κ1) is 11.9. The lowest BCUT2D eigenvalue weighted by atomic mass is 9.91. The number of anilines is 1. The molecular weight excluding hydrogens is 266 g/mol. The minimum Gasteiger partial charge on any atom is -0.381 e.